The average molecular weight is 778 g/mol. The third kappa shape index (κ3) is 6.85. The van der Waals surface area contributed by atoms with Crippen LogP contribution in [0, 0.1) is 5.92 Å². The molecular formula is C29H36ClN2O9Re-. The van der Waals surface area contributed by atoms with Crippen molar-refractivity contribution in [2.45, 2.75) is 75.8 Å². The minimum atomic E-state index is -1.76. The largest absolute Gasteiger partial charge is 0.648 e. The van der Waals surface area contributed by atoms with Crippen LogP contribution in [0.1, 0.15) is 39.2 Å². The molecule has 3 aliphatic heterocycles. The molecule has 2 saturated heterocycles. The number of carbonyl (C=O) groups is 2. The number of hydrogen-bond donors (Lipinski definition) is 2. The van der Waals surface area contributed by atoms with Crippen LogP contribution in [0.4, 0.5) is 10.5 Å². The Kier molecular flexibility index (Phi) is 10.9. The zero-order valence-electron chi connectivity index (χ0n) is 24.3. The molecular weight excluding hydrogens is 742 g/mol. The fraction of sp³-hybridized carbons (Fsp3) is 0.552. The standard InChI is InChI=1S/C29H36ClN2O9.Re/c1-16-8-7-9-22(38-6)29(36)14-21(40-27(35)31-29)17(2)26-28(3,41-26)23(39-15-33)13-24(34)32(4)19-11-18(10-16)12-20(37-5)25(19)30;/h7-9,11-12,17,21-23,26,36H,10,13-14H2,1-6H3,(H,31,35);/q-1;/b9-7+,16-8+;. The van der Waals surface area contributed by atoms with Gasteiger partial charge in [-0.05, 0) is 38.0 Å². The molecule has 4 rings (SSSR count). The minimum absolute atomic E-state index is 0. The first-order valence-corrected chi connectivity index (χ1v) is 13.7. The van der Waals surface area contributed by atoms with Gasteiger partial charge in [0.15, 0.2) is 5.72 Å². The van der Waals surface area contributed by atoms with Crippen LogP contribution in [0.3, 0.4) is 0 Å². The zero-order valence-corrected chi connectivity index (χ0v) is 27.8. The number of epoxide rings is 1. The van der Waals surface area contributed by atoms with Crippen molar-refractivity contribution in [3.8, 4) is 5.75 Å². The number of halogens is 1. The third-order valence-electron chi connectivity index (χ3n) is 8.14. The van der Waals surface area contributed by atoms with Crippen molar-refractivity contribution in [2.75, 3.05) is 26.2 Å². The molecule has 2 amide bonds. The van der Waals surface area contributed by atoms with Gasteiger partial charge in [-0.25, -0.2) is 4.79 Å². The molecule has 2 N–H and O–H groups in total. The maximum absolute atomic E-state index is 13.5. The van der Waals surface area contributed by atoms with Crippen molar-refractivity contribution in [2.24, 2.45) is 5.92 Å². The molecule has 42 heavy (non-hydrogen) atoms. The van der Waals surface area contributed by atoms with Crippen LogP contribution in [0.2, 0.25) is 5.02 Å². The van der Waals surface area contributed by atoms with Gasteiger partial charge in [-0.3, -0.25) is 10.1 Å². The molecule has 7 atom stereocenters. The molecule has 7 unspecified atom stereocenters. The maximum Gasteiger partial charge on any atom is 0.409 e. The first kappa shape index (κ1) is 34.0. The van der Waals surface area contributed by atoms with Crippen LogP contribution < -0.4 is 15.0 Å². The molecule has 3 heterocycles. The van der Waals surface area contributed by atoms with Crippen molar-refractivity contribution in [1.82, 2.24) is 5.32 Å². The molecule has 2 fully saturated rings. The number of rotatable bonds is 4. The number of allylic oxidation sites excluding steroid dienone is 3. The van der Waals surface area contributed by atoms with E-state index in [1.807, 2.05) is 13.0 Å². The number of methoxy groups -OCH3 is 2. The number of amides is 2. The van der Waals surface area contributed by atoms with E-state index in [9.17, 15) is 19.5 Å². The van der Waals surface area contributed by atoms with E-state index in [1.54, 1.807) is 45.2 Å². The van der Waals surface area contributed by atoms with Crippen molar-refractivity contribution < 1.29 is 63.6 Å². The van der Waals surface area contributed by atoms with Crippen molar-refractivity contribution in [1.29, 1.82) is 0 Å². The molecule has 4 bridgehead atoms. The maximum atomic E-state index is 13.5. The summed E-state index contributed by atoms with van der Waals surface area (Å²) in [5, 5.41) is 14.2. The topological polar surface area (TPSA) is 136 Å². The summed E-state index contributed by atoms with van der Waals surface area (Å²) in [6.45, 7) is 6.89. The van der Waals surface area contributed by atoms with Gasteiger partial charge in [-0.1, -0.05) is 48.8 Å². The number of nitrogens with zero attached hydrogens (tertiary/aromatic N) is 1. The number of nitrogens with one attached hydrogen (secondary N) is 1. The van der Waals surface area contributed by atoms with E-state index >= 15 is 0 Å². The van der Waals surface area contributed by atoms with Gasteiger partial charge in [0, 0.05) is 46.9 Å². The second-order valence-electron chi connectivity index (χ2n) is 11.0. The van der Waals surface area contributed by atoms with Gasteiger partial charge < -0.3 is 38.5 Å². The molecule has 11 nitrogen and oxygen atoms in total. The fourth-order valence-electron chi connectivity index (χ4n) is 5.66. The van der Waals surface area contributed by atoms with Crippen LogP contribution in [-0.2, 0) is 55.4 Å². The molecule has 3 aliphatic rings. The smallest absolute Gasteiger partial charge is 0.409 e. The van der Waals surface area contributed by atoms with Crippen LogP contribution in [0.5, 0.6) is 5.75 Å². The Balaban J connectivity index is 0.00000484. The summed E-state index contributed by atoms with van der Waals surface area (Å²) in [6.07, 6.45) is 1.53. The van der Waals surface area contributed by atoms with Crippen LogP contribution in [0.15, 0.2) is 35.9 Å². The Bertz CT molecular complexity index is 1260. The van der Waals surface area contributed by atoms with E-state index in [0.29, 0.717) is 17.9 Å². The number of ether oxygens (including phenoxy) is 5. The van der Waals surface area contributed by atoms with Gasteiger partial charge in [-0.2, -0.15) is 0 Å². The van der Waals surface area contributed by atoms with E-state index in [1.165, 1.54) is 25.6 Å². The zero-order chi connectivity index (χ0) is 30.1. The van der Waals surface area contributed by atoms with E-state index in [4.69, 9.17) is 35.3 Å². The van der Waals surface area contributed by atoms with Gasteiger partial charge in [-0.15, -0.1) is 0 Å². The van der Waals surface area contributed by atoms with E-state index < -0.39 is 47.8 Å². The molecule has 1 aromatic rings. The summed E-state index contributed by atoms with van der Waals surface area (Å²) < 4.78 is 27.8. The van der Waals surface area contributed by atoms with Gasteiger partial charge in [0.05, 0.1) is 25.3 Å². The number of alkyl carbamates (subject to hydrolysis) is 1. The molecule has 1 radical (unpaired) electrons. The Hall–Kier alpha value is -2.46. The van der Waals surface area contributed by atoms with Gasteiger partial charge in [0.25, 0.3) is 0 Å². The summed E-state index contributed by atoms with van der Waals surface area (Å²) in [4.78, 5) is 38.8. The second kappa shape index (κ2) is 13.5. The normalized spacial score (nSPS) is 35.3. The molecule has 0 aromatic heterocycles. The Morgan fingerprint density at radius 2 is 1.98 bits per heavy atom. The minimum Gasteiger partial charge on any atom is -0.648 e. The van der Waals surface area contributed by atoms with Crippen molar-refractivity contribution in [3.05, 3.63) is 46.5 Å². The van der Waals surface area contributed by atoms with Gasteiger partial charge in [0.1, 0.15) is 34.7 Å². The van der Waals surface area contributed by atoms with Gasteiger partial charge >= 0.3 is 6.09 Å². The quantitative estimate of drug-likeness (QED) is 0.349. The van der Waals surface area contributed by atoms with Crippen molar-refractivity contribution in [3.63, 3.8) is 0 Å². The van der Waals surface area contributed by atoms with Crippen LogP contribution in [0.25, 0.3) is 0 Å². The van der Waals surface area contributed by atoms with Crippen LogP contribution in [-0.4, -0.2) is 80.6 Å². The van der Waals surface area contributed by atoms with Gasteiger partial charge in [0.2, 0.25) is 5.91 Å². The number of carbonyl (C=O) groups excluding carboxylic acids is 3. The number of benzene rings is 1. The third-order valence-corrected chi connectivity index (χ3v) is 8.52. The summed E-state index contributed by atoms with van der Waals surface area (Å²) in [7, 11) is 4.51. The fourth-order valence-corrected chi connectivity index (χ4v) is 5.98. The van der Waals surface area contributed by atoms with E-state index in [2.05, 4.69) is 5.32 Å². The molecule has 0 aliphatic carbocycles. The second-order valence-corrected chi connectivity index (χ2v) is 11.4. The average Bonchev–Trinajstić information content (AvgIpc) is 3.62. The SMILES string of the molecule is COc1cc2cc(c1Cl)N(C)C(=O)CC(O[C-]=O)C1(C)OC1C(C)C1CC(O)(NC(=O)O1)C(OC)/C=C/C=C(\C)C2.[Re]. The van der Waals surface area contributed by atoms with Crippen molar-refractivity contribution >= 4 is 35.8 Å². The van der Waals surface area contributed by atoms with E-state index in [-0.39, 0.29) is 44.2 Å². The number of aliphatic hydroxyl groups is 1. The number of hydrogen-bond acceptors (Lipinski definition) is 9. The Morgan fingerprint density at radius 1 is 1.26 bits per heavy atom. The number of anilines is 1. The number of fused-ring (bicyclic) bond motifs is 5. The monoisotopic (exact) mass is 778 g/mol. The molecule has 0 saturated carbocycles. The first-order valence-electron chi connectivity index (χ1n) is 13.3. The summed E-state index contributed by atoms with van der Waals surface area (Å²) in [5.41, 5.74) is -0.618. The predicted molar refractivity (Wildman–Crippen MR) is 149 cm³/mol. The van der Waals surface area contributed by atoms with Crippen LogP contribution >= 0.6 is 11.6 Å². The Labute approximate surface area is 264 Å². The van der Waals surface area contributed by atoms with E-state index in [0.717, 1.165) is 11.1 Å². The first-order chi connectivity index (χ1) is 19.4. The molecule has 231 valence electrons. The summed E-state index contributed by atoms with van der Waals surface area (Å²) in [6, 6.07) is 3.60. The summed E-state index contributed by atoms with van der Waals surface area (Å²) >= 11 is 6.61. The Morgan fingerprint density at radius 3 is 2.62 bits per heavy atom. The summed E-state index contributed by atoms with van der Waals surface area (Å²) in [5.74, 6) is -0.421. The molecule has 1 aromatic carbocycles. The predicted octanol–water partition coefficient (Wildman–Crippen LogP) is 3.21. The molecule has 0 spiro atoms. The molecule has 13 heteroatoms.